The van der Waals surface area contributed by atoms with E-state index in [4.69, 9.17) is 9.84 Å². The Balaban J connectivity index is 2.80. The van der Waals surface area contributed by atoms with Gasteiger partial charge < -0.3 is 9.84 Å². The third-order valence-corrected chi connectivity index (χ3v) is 1.94. The molecule has 0 spiro atoms. The van der Waals surface area contributed by atoms with Crippen molar-refractivity contribution in [3.05, 3.63) is 29.8 Å². The van der Waals surface area contributed by atoms with Crippen molar-refractivity contribution < 1.29 is 14.6 Å². The fraction of sp³-hybridized carbons (Fsp3) is 0.462. The second kappa shape index (κ2) is 4.66. The van der Waals surface area contributed by atoms with E-state index in [0.717, 1.165) is 5.75 Å². The minimum absolute atomic E-state index is 0.254. The number of ether oxygens (including phenoxy) is 1. The smallest absolute Gasteiger partial charge is 0.190 e. The van der Waals surface area contributed by atoms with Gasteiger partial charge in [0.25, 0.3) is 0 Å². The lowest BCUT2D eigenvalue weighted by Crippen LogP contribution is -2.23. The predicted octanol–water partition coefficient (Wildman–Crippen LogP) is 2.43. The summed E-state index contributed by atoms with van der Waals surface area (Å²) in [4.78, 5) is 11.5. The molecule has 88 valence electrons. The molecule has 16 heavy (non-hydrogen) atoms. The minimum atomic E-state index is -0.964. The van der Waals surface area contributed by atoms with Gasteiger partial charge in [-0.3, -0.25) is 4.79 Å². The molecule has 1 aromatic rings. The van der Waals surface area contributed by atoms with Crippen LogP contribution in [0.4, 0.5) is 0 Å². The number of carbonyl (C=O) groups is 1. The van der Waals surface area contributed by atoms with Gasteiger partial charge in [-0.15, -0.1) is 0 Å². The second-order valence-corrected chi connectivity index (χ2v) is 4.78. The lowest BCUT2D eigenvalue weighted by atomic mass is 10.1. The average molecular weight is 222 g/mol. The average Bonchev–Trinajstić information content (AvgIpc) is 2.15. The summed E-state index contributed by atoms with van der Waals surface area (Å²) >= 11 is 0. The van der Waals surface area contributed by atoms with E-state index in [1.807, 2.05) is 20.8 Å². The van der Waals surface area contributed by atoms with E-state index >= 15 is 0 Å². The lowest BCUT2D eigenvalue weighted by Gasteiger charge is -2.21. The van der Waals surface area contributed by atoms with Crippen LogP contribution in [-0.2, 0) is 0 Å². The number of Topliss-reactive ketones (excluding diaryl/α,β-unsaturated/α-hetero) is 1. The van der Waals surface area contributed by atoms with Crippen molar-refractivity contribution in [2.45, 2.75) is 39.4 Å². The maximum atomic E-state index is 11.5. The number of aliphatic hydroxyl groups excluding tert-OH is 1. The van der Waals surface area contributed by atoms with Crippen molar-refractivity contribution in [2.24, 2.45) is 0 Å². The highest BCUT2D eigenvalue weighted by Crippen LogP contribution is 2.19. The van der Waals surface area contributed by atoms with Crippen LogP contribution in [0.1, 0.15) is 38.1 Å². The van der Waals surface area contributed by atoms with Gasteiger partial charge in [0.1, 0.15) is 17.5 Å². The molecule has 0 heterocycles. The number of rotatable bonds is 3. The quantitative estimate of drug-likeness (QED) is 0.799. The van der Waals surface area contributed by atoms with Gasteiger partial charge in [-0.25, -0.2) is 0 Å². The molecule has 3 nitrogen and oxygen atoms in total. The third-order valence-electron chi connectivity index (χ3n) is 1.94. The molecule has 0 saturated heterocycles. The van der Waals surface area contributed by atoms with E-state index in [1.165, 1.54) is 6.92 Å². The number of benzene rings is 1. The Hall–Kier alpha value is -1.35. The molecule has 1 rings (SSSR count). The molecule has 0 aliphatic rings. The summed E-state index contributed by atoms with van der Waals surface area (Å²) in [5, 5.41) is 9.15. The highest BCUT2D eigenvalue weighted by atomic mass is 16.5. The van der Waals surface area contributed by atoms with Crippen molar-refractivity contribution >= 4 is 5.78 Å². The summed E-state index contributed by atoms with van der Waals surface area (Å²) in [5.41, 5.74) is 0.242. The van der Waals surface area contributed by atoms with Crippen LogP contribution in [0.5, 0.6) is 5.75 Å². The van der Waals surface area contributed by atoms with Crippen molar-refractivity contribution in [1.29, 1.82) is 0 Å². The van der Waals surface area contributed by atoms with Gasteiger partial charge in [-0.2, -0.15) is 0 Å². The molecule has 1 N–H and O–H groups in total. The number of ketones is 1. The molecule has 0 radical (unpaired) electrons. The minimum Gasteiger partial charge on any atom is -0.488 e. The SMILES string of the molecule is CC(O)C(=O)c1ccc(OC(C)(C)C)cc1. The molecule has 0 fully saturated rings. The second-order valence-electron chi connectivity index (χ2n) is 4.78. The first-order valence-electron chi connectivity index (χ1n) is 5.31. The van der Waals surface area contributed by atoms with Crippen LogP contribution in [0.2, 0.25) is 0 Å². The maximum Gasteiger partial charge on any atom is 0.190 e. The van der Waals surface area contributed by atoms with Crippen LogP contribution >= 0.6 is 0 Å². The Bertz CT molecular complexity index is 358. The number of carbonyl (C=O) groups excluding carboxylic acids is 1. The third kappa shape index (κ3) is 3.66. The molecule has 0 aliphatic heterocycles. The van der Waals surface area contributed by atoms with Crippen LogP contribution in [0, 0.1) is 0 Å². The Morgan fingerprint density at radius 1 is 1.25 bits per heavy atom. The molecule has 0 aliphatic carbocycles. The first-order valence-corrected chi connectivity index (χ1v) is 5.31. The number of aliphatic hydroxyl groups is 1. The van der Waals surface area contributed by atoms with Gasteiger partial charge in [0.15, 0.2) is 5.78 Å². The molecule has 0 saturated carbocycles. The summed E-state index contributed by atoms with van der Waals surface area (Å²) in [6.45, 7) is 7.34. The van der Waals surface area contributed by atoms with Gasteiger partial charge >= 0.3 is 0 Å². The highest BCUT2D eigenvalue weighted by molar-refractivity contribution is 5.99. The molecular weight excluding hydrogens is 204 g/mol. The van der Waals surface area contributed by atoms with Crippen LogP contribution in [-0.4, -0.2) is 22.6 Å². The van der Waals surface area contributed by atoms with Crippen molar-refractivity contribution in [2.75, 3.05) is 0 Å². The van der Waals surface area contributed by atoms with Gasteiger partial charge in [0.05, 0.1) is 0 Å². The number of hydrogen-bond acceptors (Lipinski definition) is 3. The largest absolute Gasteiger partial charge is 0.488 e. The van der Waals surface area contributed by atoms with Crippen LogP contribution in [0.15, 0.2) is 24.3 Å². The molecule has 1 unspecified atom stereocenters. The summed E-state index contributed by atoms with van der Waals surface area (Å²) in [5.74, 6) is 0.442. The first-order chi connectivity index (χ1) is 7.29. The number of hydrogen-bond donors (Lipinski definition) is 1. The van der Waals surface area contributed by atoms with Crippen molar-refractivity contribution in [1.82, 2.24) is 0 Å². The zero-order valence-electron chi connectivity index (χ0n) is 10.2. The van der Waals surface area contributed by atoms with Gasteiger partial charge in [-0.1, -0.05) is 0 Å². The maximum absolute atomic E-state index is 11.5. The Kier molecular flexibility index (Phi) is 3.70. The summed E-state index contributed by atoms with van der Waals surface area (Å²) in [6.07, 6.45) is -0.964. The predicted molar refractivity (Wildman–Crippen MR) is 62.8 cm³/mol. The Morgan fingerprint density at radius 3 is 2.12 bits per heavy atom. The first kappa shape index (κ1) is 12.7. The van der Waals surface area contributed by atoms with E-state index in [9.17, 15) is 4.79 Å². The van der Waals surface area contributed by atoms with Gasteiger partial charge in [-0.05, 0) is 52.0 Å². The van der Waals surface area contributed by atoms with Crippen molar-refractivity contribution in [3.8, 4) is 5.75 Å². The van der Waals surface area contributed by atoms with E-state index in [0.29, 0.717) is 5.56 Å². The van der Waals surface area contributed by atoms with E-state index in [2.05, 4.69) is 0 Å². The van der Waals surface area contributed by atoms with Crippen LogP contribution in [0.3, 0.4) is 0 Å². The monoisotopic (exact) mass is 222 g/mol. The molecule has 1 aromatic carbocycles. The fourth-order valence-electron chi connectivity index (χ4n) is 1.28. The molecule has 1 atom stereocenters. The van der Waals surface area contributed by atoms with Gasteiger partial charge in [0.2, 0.25) is 0 Å². The van der Waals surface area contributed by atoms with Crippen LogP contribution in [0.25, 0.3) is 0 Å². The zero-order chi connectivity index (χ0) is 12.3. The summed E-state index contributed by atoms with van der Waals surface area (Å²) in [6, 6.07) is 6.80. The van der Waals surface area contributed by atoms with Crippen molar-refractivity contribution in [3.63, 3.8) is 0 Å². The van der Waals surface area contributed by atoms with Crippen LogP contribution < -0.4 is 4.74 Å². The summed E-state index contributed by atoms with van der Waals surface area (Å²) in [7, 11) is 0. The highest BCUT2D eigenvalue weighted by Gasteiger charge is 2.14. The molecule has 0 bridgehead atoms. The zero-order valence-corrected chi connectivity index (χ0v) is 10.2. The van der Waals surface area contributed by atoms with E-state index in [1.54, 1.807) is 24.3 Å². The standard InChI is InChI=1S/C13H18O3/c1-9(14)12(15)10-5-7-11(8-6-10)16-13(2,3)4/h5-9,14H,1-4H3. The van der Waals surface area contributed by atoms with E-state index in [-0.39, 0.29) is 11.4 Å². The van der Waals surface area contributed by atoms with Gasteiger partial charge in [0, 0.05) is 5.56 Å². The molecule has 0 amide bonds. The summed E-state index contributed by atoms with van der Waals surface area (Å²) < 4.78 is 5.62. The Labute approximate surface area is 96.1 Å². The molecule has 0 aromatic heterocycles. The fourth-order valence-corrected chi connectivity index (χ4v) is 1.28. The molecular formula is C13H18O3. The normalized spacial score (nSPS) is 13.3. The topological polar surface area (TPSA) is 46.5 Å². The van der Waals surface area contributed by atoms with E-state index < -0.39 is 6.10 Å². The molecule has 3 heteroatoms. The lowest BCUT2D eigenvalue weighted by molar-refractivity contribution is 0.0779. The Morgan fingerprint density at radius 2 is 1.75 bits per heavy atom.